The number of hydrogen-bond donors (Lipinski definition) is 0. The van der Waals surface area contributed by atoms with Crippen molar-refractivity contribution in [1.82, 2.24) is 4.98 Å². The smallest absolute Gasteiger partial charge is 0.363 e. The Morgan fingerprint density at radius 3 is 2.50 bits per heavy atom. The first-order valence-electron chi connectivity index (χ1n) is 9.54. The van der Waals surface area contributed by atoms with Crippen LogP contribution in [-0.4, -0.2) is 22.8 Å². The van der Waals surface area contributed by atoms with Crippen LogP contribution in [0.25, 0.3) is 6.08 Å². The van der Waals surface area contributed by atoms with Gasteiger partial charge in [-0.3, -0.25) is 9.69 Å². The molecule has 0 radical (unpaired) electrons. The largest absolute Gasteiger partial charge is 0.402 e. The van der Waals surface area contributed by atoms with Gasteiger partial charge in [-0.2, -0.15) is 0 Å². The third-order valence-corrected chi connectivity index (χ3v) is 5.38. The fraction of sp³-hybridized carbons (Fsp3) is 0.130. The highest BCUT2D eigenvalue weighted by Gasteiger charge is 2.26. The van der Waals surface area contributed by atoms with Crippen molar-refractivity contribution in [3.05, 3.63) is 81.5 Å². The highest BCUT2D eigenvalue weighted by Crippen LogP contribution is 2.32. The quantitative estimate of drug-likeness (QED) is 0.409. The van der Waals surface area contributed by atoms with Crippen molar-refractivity contribution in [2.24, 2.45) is 4.99 Å². The normalized spacial score (nSPS) is 14.5. The van der Waals surface area contributed by atoms with Gasteiger partial charge in [-0.15, -0.1) is 11.3 Å². The van der Waals surface area contributed by atoms with E-state index in [9.17, 15) is 18.4 Å². The van der Waals surface area contributed by atoms with Crippen molar-refractivity contribution >= 4 is 46.0 Å². The van der Waals surface area contributed by atoms with Gasteiger partial charge in [0.25, 0.3) is 0 Å². The Hall–Kier alpha value is -3.72. The predicted octanol–water partition coefficient (Wildman–Crippen LogP) is 5.07. The molecule has 0 saturated heterocycles. The summed E-state index contributed by atoms with van der Waals surface area (Å²) in [6.07, 6.45) is 1.43. The lowest BCUT2D eigenvalue weighted by molar-refractivity contribution is -0.130. The van der Waals surface area contributed by atoms with Gasteiger partial charge < -0.3 is 4.74 Å². The first-order valence-corrected chi connectivity index (χ1v) is 10.4. The molecular weight excluding hydrogens is 436 g/mol. The average molecular weight is 453 g/mol. The Morgan fingerprint density at radius 2 is 1.84 bits per heavy atom. The summed E-state index contributed by atoms with van der Waals surface area (Å²) < 4.78 is 32.8. The Bertz CT molecular complexity index is 1290. The minimum absolute atomic E-state index is 0.0540. The number of esters is 1. The molecule has 1 aliphatic heterocycles. The lowest BCUT2D eigenvalue weighted by Crippen LogP contribution is -2.23. The van der Waals surface area contributed by atoms with E-state index in [1.54, 1.807) is 5.38 Å². The molecule has 1 aliphatic rings. The predicted molar refractivity (Wildman–Crippen MR) is 118 cm³/mol. The molecule has 1 amide bonds. The van der Waals surface area contributed by atoms with Crippen molar-refractivity contribution in [2.45, 2.75) is 20.8 Å². The maximum atomic E-state index is 14.2. The monoisotopic (exact) mass is 453 g/mol. The summed E-state index contributed by atoms with van der Waals surface area (Å²) in [6, 6.07) is 8.65. The van der Waals surface area contributed by atoms with E-state index in [1.165, 1.54) is 19.1 Å². The van der Waals surface area contributed by atoms with Gasteiger partial charge in [-0.25, -0.2) is 23.6 Å². The fourth-order valence-corrected chi connectivity index (χ4v) is 4.12. The van der Waals surface area contributed by atoms with Crippen molar-refractivity contribution in [1.29, 1.82) is 0 Å². The second kappa shape index (κ2) is 8.43. The number of cyclic esters (lactones) is 1. The van der Waals surface area contributed by atoms with Crippen LogP contribution in [0.3, 0.4) is 0 Å². The van der Waals surface area contributed by atoms with E-state index in [0.29, 0.717) is 17.3 Å². The van der Waals surface area contributed by atoms with Crippen molar-refractivity contribution in [3.63, 3.8) is 0 Å². The molecule has 0 bridgehead atoms. The summed E-state index contributed by atoms with van der Waals surface area (Å²) in [5.41, 5.74) is 2.99. The molecule has 0 aliphatic carbocycles. The molecule has 3 aromatic rings. The van der Waals surface area contributed by atoms with E-state index < -0.39 is 23.5 Å². The number of halogens is 2. The summed E-state index contributed by atoms with van der Waals surface area (Å²) in [4.78, 5) is 34.1. The zero-order valence-corrected chi connectivity index (χ0v) is 18.2. The van der Waals surface area contributed by atoms with Crippen LogP contribution < -0.4 is 4.90 Å². The highest BCUT2D eigenvalue weighted by molar-refractivity contribution is 7.14. The maximum absolute atomic E-state index is 14.2. The highest BCUT2D eigenvalue weighted by atomic mass is 32.1. The third kappa shape index (κ3) is 4.33. The molecule has 9 heteroatoms. The van der Waals surface area contributed by atoms with Crippen LogP contribution in [0.5, 0.6) is 0 Å². The van der Waals surface area contributed by atoms with Crippen molar-refractivity contribution < 1.29 is 23.1 Å². The molecule has 2 aromatic carbocycles. The molecule has 2 heterocycles. The van der Waals surface area contributed by atoms with Gasteiger partial charge in [0, 0.05) is 23.9 Å². The first-order chi connectivity index (χ1) is 15.2. The van der Waals surface area contributed by atoms with Crippen molar-refractivity contribution in [3.8, 4) is 0 Å². The molecule has 0 atom stereocenters. The van der Waals surface area contributed by atoms with E-state index in [2.05, 4.69) is 9.98 Å². The number of nitrogens with zero attached hydrogens (tertiary/aromatic N) is 3. The topological polar surface area (TPSA) is 71.9 Å². The lowest BCUT2D eigenvalue weighted by atomic mass is 10.1. The summed E-state index contributed by atoms with van der Waals surface area (Å²) in [5.74, 6) is -2.57. The van der Waals surface area contributed by atoms with Crippen LogP contribution in [0.1, 0.15) is 29.3 Å². The van der Waals surface area contributed by atoms with Gasteiger partial charge in [-0.05, 0) is 44.2 Å². The Labute approximate surface area is 186 Å². The second-order valence-electron chi connectivity index (χ2n) is 7.22. The zero-order chi connectivity index (χ0) is 23.0. The van der Waals surface area contributed by atoms with Crippen LogP contribution in [0.2, 0.25) is 0 Å². The third-order valence-electron chi connectivity index (χ3n) is 4.54. The molecule has 0 fully saturated rings. The standard InChI is InChI=1S/C23H17F2N3O3S/c1-12-6-13(2)8-15(7-12)21-27-19(22(30)31-21)10-17-11-32-23(26-17)28(14(3)29)20-5-4-16(24)9-18(20)25/h4-11H,1-3H3. The van der Waals surface area contributed by atoms with Gasteiger partial charge in [-0.1, -0.05) is 17.2 Å². The molecule has 1 aromatic heterocycles. The maximum Gasteiger partial charge on any atom is 0.363 e. The summed E-state index contributed by atoms with van der Waals surface area (Å²) in [5, 5.41) is 1.76. The minimum Gasteiger partial charge on any atom is -0.402 e. The van der Waals surface area contributed by atoms with Crippen LogP contribution >= 0.6 is 11.3 Å². The number of aryl methyl sites for hydroxylation is 2. The molecule has 6 nitrogen and oxygen atoms in total. The first kappa shape index (κ1) is 21.5. The summed E-state index contributed by atoms with van der Waals surface area (Å²) in [6.45, 7) is 5.12. The van der Waals surface area contributed by atoms with Crippen LogP contribution in [-0.2, 0) is 14.3 Å². The number of carbonyl (C=O) groups excluding carboxylic acids is 2. The number of aliphatic imine (C=N–C) groups is 1. The summed E-state index contributed by atoms with van der Waals surface area (Å²) in [7, 11) is 0. The molecule has 0 N–H and O–H groups in total. The van der Waals surface area contributed by atoms with E-state index in [1.807, 2.05) is 32.0 Å². The van der Waals surface area contributed by atoms with Crippen LogP contribution in [0.4, 0.5) is 19.6 Å². The van der Waals surface area contributed by atoms with Crippen molar-refractivity contribution in [2.75, 3.05) is 4.90 Å². The number of ether oxygens (including phenoxy) is 1. The van der Waals surface area contributed by atoms with Crippen LogP contribution in [0.15, 0.2) is 52.5 Å². The van der Waals surface area contributed by atoms with E-state index in [4.69, 9.17) is 4.74 Å². The van der Waals surface area contributed by atoms with Gasteiger partial charge in [0.15, 0.2) is 10.8 Å². The number of thiazole rings is 1. The molecular formula is C23H17F2N3O3S. The lowest BCUT2D eigenvalue weighted by Gasteiger charge is -2.18. The molecule has 4 rings (SSSR count). The fourth-order valence-electron chi connectivity index (χ4n) is 3.29. The molecule has 32 heavy (non-hydrogen) atoms. The van der Waals surface area contributed by atoms with E-state index in [0.717, 1.165) is 33.4 Å². The number of amides is 1. The number of anilines is 2. The number of carbonyl (C=O) groups is 2. The van der Waals surface area contributed by atoms with Gasteiger partial charge in [0.2, 0.25) is 11.8 Å². The second-order valence-corrected chi connectivity index (χ2v) is 8.05. The molecule has 0 saturated carbocycles. The van der Waals surface area contributed by atoms with Crippen LogP contribution in [0, 0.1) is 25.5 Å². The number of rotatable bonds is 4. The zero-order valence-electron chi connectivity index (χ0n) is 17.3. The number of benzene rings is 2. The summed E-state index contributed by atoms with van der Waals surface area (Å²) >= 11 is 1.07. The number of hydrogen-bond acceptors (Lipinski definition) is 6. The van der Waals surface area contributed by atoms with Gasteiger partial charge in [0.05, 0.1) is 11.4 Å². The molecule has 0 spiro atoms. The Kier molecular flexibility index (Phi) is 5.67. The molecule has 162 valence electrons. The molecule has 0 unspecified atom stereocenters. The van der Waals surface area contributed by atoms with E-state index >= 15 is 0 Å². The Balaban J connectivity index is 1.66. The van der Waals surface area contributed by atoms with E-state index in [-0.39, 0.29) is 22.4 Å². The number of aromatic nitrogens is 1. The minimum atomic E-state index is -0.891. The Morgan fingerprint density at radius 1 is 1.12 bits per heavy atom. The van der Waals surface area contributed by atoms with Gasteiger partial charge in [0.1, 0.15) is 11.6 Å². The average Bonchev–Trinajstić information content (AvgIpc) is 3.30. The SMILES string of the molecule is CC(=O)N(c1nc(C=C2N=C(c3cc(C)cc(C)c3)OC2=O)cs1)c1ccc(F)cc1F. The van der Waals surface area contributed by atoms with Gasteiger partial charge >= 0.3 is 5.97 Å².